The number of nitrogens with zero attached hydrogens (tertiary/aromatic N) is 2. The van der Waals surface area contributed by atoms with Crippen LogP contribution < -0.4 is 0 Å². The van der Waals surface area contributed by atoms with E-state index in [1.807, 2.05) is 76.7 Å². The fraction of sp³-hybridized carbons (Fsp3) is 0.238. The van der Waals surface area contributed by atoms with E-state index in [1.54, 1.807) is 0 Å². The molecule has 0 aliphatic carbocycles. The SMILES string of the molecule is CC.CC.Cc1cc(-c2ccncc2)cc(-c2ccncc2)c1. The van der Waals surface area contributed by atoms with E-state index in [0.29, 0.717) is 0 Å². The van der Waals surface area contributed by atoms with E-state index in [-0.39, 0.29) is 0 Å². The zero-order chi connectivity index (χ0) is 17.1. The van der Waals surface area contributed by atoms with Crippen LogP contribution in [0.15, 0.2) is 67.3 Å². The standard InChI is InChI=1S/C17H14N2.2C2H6/c1-13-10-16(14-2-6-18-7-3-14)12-17(11-13)15-4-8-19-9-5-15;2*1-2/h2-12H,1H3;2*1-2H3. The quantitative estimate of drug-likeness (QED) is 0.565. The summed E-state index contributed by atoms with van der Waals surface area (Å²) in [5, 5.41) is 0. The molecule has 0 amide bonds. The van der Waals surface area contributed by atoms with Crippen LogP contribution in [0, 0.1) is 6.92 Å². The summed E-state index contributed by atoms with van der Waals surface area (Å²) in [6.45, 7) is 10.1. The first kappa shape index (κ1) is 18.6. The van der Waals surface area contributed by atoms with Crippen LogP contribution >= 0.6 is 0 Å². The van der Waals surface area contributed by atoms with E-state index in [0.717, 1.165) is 0 Å². The number of rotatable bonds is 2. The van der Waals surface area contributed by atoms with Crippen molar-refractivity contribution in [3.63, 3.8) is 0 Å². The molecule has 0 unspecified atom stereocenters. The predicted molar refractivity (Wildman–Crippen MR) is 100 cm³/mol. The van der Waals surface area contributed by atoms with Crippen molar-refractivity contribution in [3.05, 3.63) is 72.8 Å². The van der Waals surface area contributed by atoms with Crippen molar-refractivity contribution in [3.8, 4) is 22.3 Å². The van der Waals surface area contributed by atoms with Gasteiger partial charge >= 0.3 is 0 Å². The lowest BCUT2D eigenvalue weighted by atomic mass is 9.98. The second-order valence-corrected chi connectivity index (χ2v) is 4.56. The van der Waals surface area contributed by atoms with Crippen LogP contribution in [0.2, 0.25) is 0 Å². The Morgan fingerprint density at radius 2 is 0.870 bits per heavy atom. The summed E-state index contributed by atoms with van der Waals surface area (Å²) in [7, 11) is 0. The summed E-state index contributed by atoms with van der Waals surface area (Å²) in [4.78, 5) is 8.13. The van der Waals surface area contributed by atoms with Gasteiger partial charge in [0.05, 0.1) is 0 Å². The van der Waals surface area contributed by atoms with Gasteiger partial charge in [0.1, 0.15) is 0 Å². The lowest BCUT2D eigenvalue weighted by Crippen LogP contribution is -1.85. The Morgan fingerprint density at radius 3 is 1.22 bits per heavy atom. The number of benzene rings is 1. The van der Waals surface area contributed by atoms with Crippen LogP contribution in [0.1, 0.15) is 33.3 Å². The molecule has 0 radical (unpaired) electrons. The van der Waals surface area contributed by atoms with E-state index in [4.69, 9.17) is 0 Å². The highest BCUT2D eigenvalue weighted by Crippen LogP contribution is 2.27. The molecule has 0 aliphatic rings. The minimum absolute atomic E-state index is 1.19. The molecule has 2 nitrogen and oxygen atoms in total. The third-order valence-corrected chi connectivity index (χ3v) is 3.10. The molecule has 2 aromatic heterocycles. The van der Waals surface area contributed by atoms with Gasteiger partial charge in [0.2, 0.25) is 0 Å². The van der Waals surface area contributed by atoms with Gasteiger partial charge in [-0.2, -0.15) is 0 Å². The second kappa shape index (κ2) is 10.3. The normalized spacial score (nSPS) is 9.09. The van der Waals surface area contributed by atoms with Crippen LogP contribution in [0.4, 0.5) is 0 Å². The molecule has 120 valence electrons. The molecule has 0 spiro atoms. The van der Waals surface area contributed by atoms with Crippen molar-refractivity contribution in [1.82, 2.24) is 9.97 Å². The van der Waals surface area contributed by atoms with Crippen LogP contribution in [0.25, 0.3) is 22.3 Å². The summed E-state index contributed by atoms with van der Waals surface area (Å²) in [6, 6.07) is 14.7. The maximum atomic E-state index is 4.07. The maximum absolute atomic E-state index is 4.07. The predicted octanol–water partition coefficient (Wildman–Crippen LogP) is 6.17. The number of hydrogen-bond acceptors (Lipinski definition) is 2. The third kappa shape index (κ3) is 5.33. The van der Waals surface area contributed by atoms with Crippen molar-refractivity contribution in [1.29, 1.82) is 0 Å². The minimum Gasteiger partial charge on any atom is -0.265 e. The lowest BCUT2D eigenvalue weighted by Gasteiger charge is -2.08. The van der Waals surface area contributed by atoms with Gasteiger partial charge in [0.25, 0.3) is 0 Å². The highest BCUT2D eigenvalue weighted by atomic mass is 14.6. The van der Waals surface area contributed by atoms with Crippen molar-refractivity contribution in [2.45, 2.75) is 34.6 Å². The molecule has 2 heterocycles. The lowest BCUT2D eigenvalue weighted by molar-refractivity contribution is 1.32. The van der Waals surface area contributed by atoms with Crippen molar-refractivity contribution in [2.75, 3.05) is 0 Å². The Hall–Kier alpha value is -2.48. The molecule has 0 atom stereocenters. The molecule has 1 aromatic carbocycles. The van der Waals surface area contributed by atoms with Crippen LogP contribution in [-0.2, 0) is 0 Å². The zero-order valence-corrected chi connectivity index (χ0v) is 14.7. The van der Waals surface area contributed by atoms with Gasteiger partial charge < -0.3 is 0 Å². The van der Waals surface area contributed by atoms with Crippen LogP contribution in [0.3, 0.4) is 0 Å². The fourth-order valence-corrected chi connectivity index (χ4v) is 2.21. The smallest absolute Gasteiger partial charge is 0.0273 e. The minimum atomic E-state index is 1.19. The van der Waals surface area contributed by atoms with Gasteiger partial charge in [-0.25, -0.2) is 0 Å². The number of pyridine rings is 2. The van der Waals surface area contributed by atoms with Gasteiger partial charge in [-0.15, -0.1) is 0 Å². The Balaban J connectivity index is 0.000000615. The van der Waals surface area contributed by atoms with E-state index in [2.05, 4.69) is 35.1 Å². The summed E-state index contributed by atoms with van der Waals surface area (Å²) in [6.07, 6.45) is 7.29. The topological polar surface area (TPSA) is 25.8 Å². The highest BCUT2D eigenvalue weighted by Gasteiger charge is 2.03. The number of aromatic nitrogens is 2. The van der Waals surface area contributed by atoms with Crippen molar-refractivity contribution in [2.24, 2.45) is 0 Å². The van der Waals surface area contributed by atoms with E-state index in [1.165, 1.54) is 27.8 Å². The summed E-state index contributed by atoms with van der Waals surface area (Å²) in [5.41, 5.74) is 6.06. The average Bonchev–Trinajstić information content (AvgIpc) is 2.66. The summed E-state index contributed by atoms with van der Waals surface area (Å²) < 4.78 is 0. The largest absolute Gasteiger partial charge is 0.265 e. The Kier molecular flexibility index (Phi) is 8.30. The van der Waals surface area contributed by atoms with E-state index >= 15 is 0 Å². The molecule has 0 saturated heterocycles. The Labute approximate surface area is 140 Å². The molecule has 3 aromatic rings. The number of aryl methyl sites for hydroxylation is 1. The molecule has 0 saturated carbocycles. The Morgan fingerprint density at radius 1 is 0.522 bits per heavy atom. The first-order chi connectivity index (χ1) is 11.3. The fourth-order valence-electron chi connectivity index (χ4n) is 2.21. The second-order valence-electron chi connectivity index (χ2n) is 4.56. The molecule has 23 heavy (non-hydrogen) atoms. The molecular formula is C21H26N2. The number of hydrogen-bond donors (Lipinski definition) is 0. The van der Waals surface area contributed by atoms with Crippen LogP contribution in [0.5, 0.6) is 0 Å². The molecule has 0 aliphatic heterocycles. The summed E-state index contributed by atoms with van der Waals surface area (Å²) in [5.74, 6) is 0. The third-order valence-electron chi connectivity index (χ3n) is 3.10. The maximum Gasteiger partial charge on any atom is 0.0273 e. The van der Waals surface area contributed by atoms with Gasteiger partial charge in [0, 0.05) is 24.8 Å². The monoisotopic (exact) mass is 306 g/mol. The first-order valence-corrected chi connectivity index (χ1v) is 8.25. The van der Waals surface area contributed by atoms with Crippen molar-refractivity contribution < 1.29 is 0 Å². The molecule has 2 heteroatoms. The molecular weight excluding hydrogens is 280 g/mol. The zero-order valence-electron chi connectivity index (χ0n) is 14.7. The molecule has 0 bridgehead atoms. The van der Waals surface area contributed by atoms with Gasteiger partial charge in [-0.05, 0) is 65.1 Å². The van der Waals surface area contributed by atoms with Gasteiger partial charge in [-0.3, -0.25) is 9.97 Å². The molecule has 0 N–H and O–H groups in total. The highest BCUT2D eigenvalue weighted by molar-refractivity contribution is 5.73. The molecule has 3 rings (SSSR count). The summed E-state index contributed by atoms with van der Waals surface area (Å²) >= 11 is 0. The Bertz CT molecular complexity index is 619. The van der Waals surface area contributed by atoms with Crippen LogP contribution in [-0.4, -0.2) is 9.97 Å². The van der Waals surface area contributed by atoms with Gasteiger partial charge in [0.15, 0.2) is 0 Å². The first-order valence-electron chi connectivity index (χ1n) is 8.25. The van der Waals surface area contributed by atoms with E-state index < -0.39 is 0 Å². The molecule has 0 fully saturated rings. The van der Waals surface area contributed by atoms with E-state index in [9.17, 15) is 0 Å². The van der Waals surface area contributed by atoms with Crippen molar-refractivity contribution >= 4 is 0 Å². The van der Waals surface area contributed by atoms with Gasteiger partial charge in [-0.1, -0.05) is 39.8 Å². The average molecular weight is 306 g/mol.